The number of benzene rings is 1. The number of aryl methyl sites for hydroxylation is 1. The summed E-state index contributed by atoms with van der Waals surface area (Å²) in [5.41, 5.74) is 3.23. The lowest BCUT2D eigenvalue weighted by atomic mass is 9.67. The van der Waals surface area contributed by atoms with Crippen LogP contribution in [-0.4, -0.2) is 0 Å². The summed E-state index contributed by atoms with van der Waals surface area (Å²) in [6.07, 6.45) is 11.5. The standard InChI is InChI=1S/C16H22/c1-3-10-16(11-4-2)12-9-14-7-5-6-8-15(14)13-16/h5-8H,3-4,9-12H2,1-2H3. The van der Waals surface area contributed by atoms with E-state index in [1.54, 1.807) is 0 Å². The molecule has 0 spiro atoms. The molecule has 1 aliphatic carbocycles. The number of hydrogen-bond donors (Lipinski definition) is 0. The maximum absolute atomic E-state index is 3.81. The van der Waals surface area contributed by atoms with Gasteiger partial charge in [-0.15, -0.1) is 0 Å². The summed E-state index contributed by atoms with van der Waals surface area (Å²) < 4.78 is 0. The van der Waals surface area contributed by atoms with E-state index in [9.17, 15) is 0 Å². The zero-order valence-electron chi connectivity index (χ0n) is 10.6. The van der Waals surface area contributed by atoms with Crippen LogP contribution in [0.2, 0.25) is 0 Å². The highest BCUT2D eigenvalue weighted by Gasteiger charge is 2.33. The molecule has 0 saturated heterocycles. The van der Waals surface area contributed by atoms with Crippen LogP contribution in [0.25, 0.3) is 0 Å². The lowest BCUT2D eigenvalue weighted by Gasteiger charge is -2.37. The molecule has 86 valence electrons. The third kappa shape index (κ3) is 2.31. The molecule has 1 aromatic rings. The van der Waals surface area contributed by atoms with E-state index in [2.05, 4.69) is 44.5 Å². The molecule has 0 bridgehead atoms. The second-order valence-electron chi connectivity index (χ2n) is 5.06. The van der Waals surface area contributed by atoms with Gasteiger partial charge in [0.15, 0.2) is 0 Å². The molecule has 0 fully saturated rings. The lowest BCUT2D eigenvalue weighted by molar-refractivity contribution is 0.260. The first-order chi connectivity index (χ1) is 7.79. The summed E-state index contributed by atoms with van der Waals surface area (Å²) in [6, 6.07) is 8.77. The predicted molar refractivity (Wildman–Crippen MR) is 69.4 cm³/mol. The van der Waals surface area contributed by atoms with Crippen LogP contribution >= 0.6 is 0 Å². The molecule has 2 radical (unpaired) electrons. The zero-order chi connectivity index (χ0) is 11.4. The molecule has 0 atom stereocenters. The summed E-state index contributed by atoms with van der Waals surface area (Å²) in [4.78, 5) is 0. The first-order valence-corrected chi connectivity index (χ1v) is 6.66. The van der Waals surface area contributed by atoms with Crippen molar-refractivity contribution in [3.05, 3.63) is 41.8 Å². The number of rotatable bonds is 4. The summed E-state index contributed by atoms with van der Waals surface area (Å²) in [7, 11) is 0. The molecule has 0 saturated carbocycles. The van der Waals surface area contributed by atoms with Crippen molar-refractivity contribution in [3.63, 3.8) is 0 Å². The summed E-state index contributed by atoms with van der Waals surface area (Å²) in [5.74, 6) is 0. The molecule has 1 aromatic carbocycles. The average molecular weight is 214 g/mol. The topological polar surface area (TPSA) is 0 Å². The Balaban J connectivity index is 2.20. The van der Waals surface area contributed by atoms with Gasteiger partial charge in [0.2, 0.25) is 0 Å². The molecule has 0 aliphatic heterocycles. The van der Waals surface area contributed by atoms with Gasteiger partial charge < -0.3 is 0 Å². The molecule has 0 aromatic heterocycles. The van der Waals surface area contributed by atoms with E-state index in [1.807, 2.05) is 0 Å². The van der Waals surface area contributed by atoms with Crippen LogP contribution in [0.5, 0.6) is 0 Å². The molecule has 0 heteroatoms. The van der Waals surface area contributed by atoms with Gasteiger partial charge in [0.1, 0.15) is 0 Å². The van der Waals surface area contributed by atoms with Crippen LogP contribution < -0.4 is 0 Å². The normalized spacial score (nSPS) is 18.1. The minimum absolute atomic E-state index is 0.373. The van der Waals surface area contributed by atoms with E-state index >= 15 is 0 Å². The summed E-state index contributed by atoms with van der Waals surface area (Å²) in [6.45, 7) is 4.58. The highest BCUT2D eigenvalue weighted by molar-refractivity contribution is 5.38. The fraction of sp³-hybridized carbons (Fsp3) is 0.562. The largest absolute Gasteiger partial charge is 0.0654 e. The molecule has 0 amide bonds. The Morgan fingerprint density at radius 2 is 1.81 bits per heavy atom. The maximum atomic E-state index is 3.81. The van der Waals surface area contributed by atoms with E-state index in [1.165, 1.54) is 49.7 Å². The second-order valence-corrected chi connectivity index (χ2v) is 5.06. The summed E-state index contributed by atoms with van der Waals surface area (Å²) >= 11 is 0. The van der Waals surface area contributed by atoms with Gasteiger partial charge in [0, 0.05) is 6.42 Å². The smallest absolute Gasteiger partial charge is 0.0235 e. The van der Waals surface area contributed by atoms with E-state index < -0.39 is 0 Å². The Morgan fingerprint density at radius 1 is 1.12 bits per heavy atom. The van der Waals surface area contributed by atoms with Gasteiger partial charge in [0.25, 0.3) is 0 Å². The highest BCUT2D eigenvalue weighted by atomic mass is 14.4. The predicted octanol–water partition coefficient (Wildman–Crippen LogP) is 4.65. The van der Waals surface area contributed by atoms with Gasteiger partial charge in [0.05, 0.1) is 0 Å². The molecule has 0 heterocycles. The van der Waals surface area contributed by atoms with E-state index in [0.717, 1.165) is 0 Å². The molecular weight excluding hydrogens is 192 g/mol. The Labute approximate surface area is 100 Å². The van der Waals surface area contributed by atoms with Gasteiger partial charge in [-0.1, -0.05) is 51.0 Å². The Kier molecular flexibility index (Phi) is 3.68. The monoisotopic (exact) mass is 214 g/mol. The molecular formula is C16H22. The lowest BCUT2D eigenvalue weighted by Crippen LogP contribution is -2.27. The average Bonchev–Trinajstić information content (AvgIpc) is 2.30. The van der Waals surface area contributed by atoms with E-state index in [0.29, 0.717) is 5.41 Å². The van der Waals surface area contributed by atoms with Crippen LogP contribution in [0.15, 0.2) is 24.3 Å². The highest BCUT2D eigenvalue weighted by Crippen LogP contribution is 2.44. The van der Waals surface area contributed by atoms with Gasteiger partial charge >= 0.3 is 0 Å². The van der Waals surface area contributed by atoms with E-state index in [4.69, 9.17) is 0 Å². The van der Waals surface area contributed by atoms with Crippen molar-refractivity contribution in [1.82, 2.24) is 0 Å². The third-order valence-corrected chi connectivity index (χ3v) is 3.75. The van der Waals surface area contributed by atoms with Crippen LogP contribution in [0.3, 0.4) is 0 Å². The van der Waals surface area contributed by atoms with Crippen molar-refractivity contribution in [2.75, 3.05) is 0 Å². The fourth-order valence-corrected chi connectivity index (χ4v) is 3.04. The number of hydrogen-bond acceptors (Lipinski definition) is 0. The van der Waals surface area contributed by atoms with E-state index in [-0.39, 0.29) is 0 Å². The van der Waals surface area contributed by atoms with Crippen molar-refractivity contribution >= 4 is 0 Å². The van der Waals surface area contributed by atoms with Crippen molar-refractivity contribution in [3.8, 4) is 0 Å². The Bertz CT molecular complexity index is 332. The molecule has 1 aliphatic rings. The summed E-state index contributed by atoms with van der Waals surface area (Å²) in [5, 5.41) is 0. The van der Waals surface area contributed by atoms with Crippen molar-refractivity contribution in [2.45, 2.75) is 52.4 Å². The minimum atomic E-state index is 0.373. The Morgan fingerprint density at radius 3 is 2.50 bits per heavy atom. The zero-order valence-corrected chi connectivity index (χ0v) is 10.6. The first kappa shape index (κ1) is 11.7. The number of fused-ring (bicyclic) bond motifs is 1. The van der Waals surface area contributed by atoms with Crippen LogP contribution in [-0.2, 0) is 6.42 Å². The van der Waals surface area contributed by atoms with Crippen LogP contribution in [0.1, 0.15) is 57.1 Å². The van der Waals surface area contributed by atoms with Gasteiger partial charge in [-0.25, -0.2) is 0 Å². The van der Waals surface area contributed by atoms with Crippen molar-refractivity contribution < 1.29 is 0 Å². The molecule has 16 heavy (non-hydrogen) atoms. The van der Waals surface area contributed by atoms with Gasteiger partial charge in [-0.05, 0) is 42.2 Å². The van der Waals surface area contributed by atoms with Gasteiger partial charge in [-0.2, -0.15) is 0 Å². The second kappa shape index (κ2) is 5.03. The Hall–Kier alpha value is -0.780. The molecule has 0 nitrogen and oxygen atoms in total. The first-order valence-electron chi connectivity index (χ1n) is 6.66. The van der Waals surface area contributed by atoms with Crippen LogP contribution in [0.4, 0.5) is 0 Å². The SMILES string of the molecule is CCCC1(CCC)[C]c2ccccc2CC1. The maximum Gasteiger partial charge on any atom is 0.0235 e. The molecule has 0 unspecified atom stereocenters. The molecule has 2 rings (SSSR count). The van der Waals surface area contributed by atoms with Crippen molar-refractivity contribution in [1.29, 1.82) is 0 Å². The molecule has 0 N–H and O–H groups in total. The van der Waals surface area contributed by atoms with Gasteiger partial charge in [-0.3, -0.25) is 0 Å². The van der Waals surface area contributed by atoms with Crippen LogP contribution in [0, 0.1) is 11.8 Å². The minimum Gasteiger partial charge on any atom is -0.0654 e. The third-order valence-electron chi connectivity index (χ3n) is 3.75. The fourth-order valence-electron chi connectivity index (χ4n) is 3.04. The van der Waals surface area contributed by atoms with Crippen molar-refractivity contribution in [2.24, 2.45) is 5.41 Å². The quantitative estimate of drug-likeness (QED) is 0.684.